The number of nitrogens with zero attached hydrogens (tertiary/aromatic N) is 1. The number of aryl methyl sites for hydroxylation is 1. The Bertz CT molecular complexity index is 1100. The Labute approximate surface area is 187 Å². The van der Waals surface area contributed by atoms with E-state index in [0.717, 1.165) is 5.56 Å². The zero-order valence-electron chi connectivity index (χ0n) is 18.6. The van der Waals surface area contributed by atoms with E-state index in [9.17, 15) is 14.8 Å². The van der Waals surface area contributed by atoms with E-state index >= 15 is 0 Å². The number of ether oxygens (including phenoxy) is 2. The van der Waals surface area contributed by atoms with Gasteiger partial charge in [0.05, 0.1) is 5.57 Å². The highest BCUT2D eigenvalue weighted by atomic mass is 35.5. The van der Waals surface area contributed by atoms with Gasteiger partial charge in [0, 0.05) is 20.8 Å². The number of ketones is 1. The largest absolute Gasteiger partial charge is 0.508 e. The smallest absolute Gasteiger partial charge is 0.299 e. The second-order valence-corrected chi connectivity index (χ2v) is 9.00. The Morgan fingerprint density at radius 1 is 1.10 bits per heavy atom. The summed E-state index contributed by atoms with van der Waals surface area (Å²) in [6, 6.07) is 10.1. The van der Waals surface area contributed by atoms with Crippen molar-refractivity contribution in [2.75, 3.05) is 7.05 Å². The molecule has 3 rings (SSSR count). The van der Waals surface area contributed by atoms with Crippen LogP contribution < -0.4 is 4.74 Å². The zero-order valence-corrected chi connectivity index (χ0v) is 19.3. The minimum atomic E-state index is -1.10. The van der Waals surface area contributed by atoms with Gasteiger partial charge in [-0.3, -0.25) is 4.79 Å². The third-order valence-corrected chi connectivity index (χ3v) is 5.55. The van der Waals surface area contributed by atoms with E-state index < -0.39 is 11.2 Å². The van der Waals surface area contributed by atoms with Crippen LogP contribution in [0.2, 0.25) is 5.02 Å². The van der Waals surface area contributed by atoms with Crippen LogP contribution in [0.3, 0.4) is 0 Å². The van der Waals surface area contributed by atoms with Crippen molar-refractivity contribution in [1.29, 1.82) is 0 Å². The summed E-state index contributed by atoms with van der Waals surface area (Å²) in [7, 11) is 1.36. The molecule has 164 valence electrons. The Hall–Kier alpha value is -2.70. The van der Waals surface area contributed by atoms with Gasteiger partial charge in [0.2, 0.25) is 5.75 Å². The van der Waals surface area contributed by atoms with Crippen LogP contribution in [0.1, 0.15) is 45.7 Å². The summed E-state index contributed by atoms with van der Waals surface area (Å²) in [5.74, 6) is 0.333. The number of carbonyl (C=O) groups is 1. The maximum absolute atomic E-state index is 13.2. The number of hydrogen-bond donors (Lipinski definition) is 1. The number of aliphatic hydroxyl groups excluding tert-OH is 1. The van der Waals surface area contributed by atoms with Crippen molar-refractivity contribution in [3.05, 3.63) is 63.2 Å². The van der Waals surface area contributed by atoms with Crippen molar-refractivity contribution >= 4 is 28.6 Å². The lowest BCUT2D eigenvalue weighted by Crippen LogP contribution is -2.49. The van der Waals surface area contributed by atoms with Crippen LogP contribution in [-0.2, 0) is 16.0 Å². The Morgan fingerprint density at radius 2 is 1.77 bits per heavy atom. The fraction of sp³-hybridized carbons (Fsp3) is 0.375. The van der Waals surface area contributed by atoms with Crippen LogP contribution in [0, 0.1) is 4.91 Å². The van der Waals surface area contributed by atoms with Crippen LogP contribution in [0.5, 0.6) is 11.5 Å². The van der Waals surface area contributed by atoms with Gasteiger partial charge in [-0.05, 0) is 69.5 Å². The van der Waals surface area contributed by atoms with Crippen LogP contribution in [0.25, 0.3) is 5.57 Å². The quantitative estimate of drug-likeness (QED) is 0.559. The van der Waals surface area contributed by atoms with Crippen molar-refractivity contribution < 1.29 is 24.1 Å². The summed E-state index contributed by atoms with van der Waals surface area (Å²) >= 11 is 6.01. The molecule has 7 heteroatoms. The molecule has 6 nitrogen and oxygen atoms in total. The van der Waals surface area contributed by atoms with E-state index in [1.54, 1.807) is 52.0 Å². The molecule has 0 saturated heterocycles. The van der Waals surface area contributed by atoms with Gasteiger partial charge in [-0.2, -0.15) is 0 Å². The van der Waals surface area contributed by atoms with Gasteiger partial charge in [0.25, 0.3) is 5.69 Å². The molecule has 1 aliphatic rings. The SMILES string of the molecule is CCc1ccc(Oc2ccc(Cl)cc2[N+](C)=O)cc1C1=C(O)C(C)(C)OC(C)(C)C1=O. The van der Waals surface area contributed by atoms with Gasteiger partial charge in [0.1, 0.15) is 22.7 Å². The van der Waals surface area contributed by atoms with E-state index in [1.807, 2.05) is 13.0 Å². The molecule has 1 N–H and O–H groups in total. The molecule has 2 aromatic rings. The summed E-state index contributed by atoms with van der Waals surface area (Å²) in [5, 5.41) is 11.3. The van der Waals surface area contributed by atoms with Crippen LogP contribution in [-0.4, -0.2) is 33.9 Å². The summed E-state index contributed by atoms with van der Waals surface area (Å²) < 4.78 is 12.5. The molecular formula is C24H27ClNO5+. The van der Waals surface area contributed by atoms with Crippen molar-refractivity contribution in [3.8, 4) is 11.5 Å². The van der Waals surface area contributed by atoms with Gasteiger partial charge in [-0.1, -0.05) is 24.6 Å². The summed E-state index contributed by atoms with van der Waals surface area (Å²) in [6.45, 7) is 8.82. The third kappa shape index (κ3) is 4.36. The van der Waals surface area contributed by atoms with Gasteiger partial charge in [0.15, 0.2) is 12.8 Å². The van der Waals surface area contributed by atoms with Crippen molar-refractivity contribution in [2.45, 2.75) is 52.2 Å². The van der Waals surface area contributed by atoms with Crippen LogP contribution in [0.4, 0.5) is 5.69 Å². The van der Waals surface area contributed by atoms with Gasteiger partial charge in [-0.25, -0.2) is 0 Å². The number of carbonyl (C=O) groups excluding carboxylic acids is 1. The maximum atomic E-state index is 13.2. The average molecular weight is 445 g/mol. The predicted octanol–water partition coefficient (Wildman–Crippen LogP) is 6.16. The molecule has 0 fully saturated rings. The Balaban J connectivity index is 2.15. The lowest BCUT2D eigenvalue weighted by molar-refractivity contribution is -0.428. The highest BCUT2D eigenvalue weighted by Gasteiger charge is 2.47. The van der Waals surface area contributed by atoms with Crippen molar-refractivity contribution in [3.63, 3.8) is 0 Å². The van der Waals surface area contributed by atoms with Gasteiger partial charge >= 0.3 is 0 Å². The molecule has 0 aromatic heterocycles. The fourth-order valence-corrected chi connectivity index (χ4v) is 3.97. The second kappa shape index (κ2) is 8.09. The van der Waals surface area contributed by atoms with E-state index in [2.05, 4.69) is 0 Å². The summed E-state index contributed by atoms with van der Waals surface area (Å²) in [6.07, 6.45) is 0.650. The van der Waals surface area contributed by atoms with E-state index in [4.69, 9.17) is 21.1 Å². The van der Waals surface area contributed by atoms with Gasteiger partial charge in [-0.15, -0.1) is 0 Å². The minimum Gasteiger partial charge on any atom is -0.508 e. The molecule has 0 radical (unpaired) electrons. The van der Waals surface area contributed by atoms with E-state index in [0.29, 0.717) is 33.3 Å². The molecule has 0 atom stereocenters. The number of aliphatic hydroxyl groups is 1. The number of halogens is 1. The predicted molar refractivity (Wildman–Crippen MR) is 120 cm³/mol. The van der Waals surface area contributed by atoms with Crippen molar-refractivity contribution in [1.82, 2.24) is 0 Å². The molecule has 1 aliphatic heterocycles. The average Bonchev–Trinajstić information content (AvgIpc) is 2.67. The standard InChI is InChI=1S/C24H26ClNO5/c1-7-14-8-10-16(30-19-11-9-15(25)12-18(19)26(6)29)13-17(14)20-21(27)23(2,3)31-24(4,5)22(20)28/h8-13H,7H2,1-6H3/p+1. The second-order valence-electron chi connectivity index (χ2n) is 8.56. The van der Waals surface area contributed by atoms with Gasteiger partial charge < -0.3 is 14.6 Å². The topological polar surface area (TPSA) is 75.8 Å². The number of rotatable bonds is 5. The molecule has 0 unspecified atom stereocenters. The van der Waals surface area contributed by atoms with E-state index in [-0.39, 0.29) is 22.8 Å². The third-order valence-electron chi connectivity index (χ3n) is 5.31. The summed E-state index contributed by atoms with van der Waals surface area (Å²) in [5.41, 5.74) is -0.156. The van der Waals surface area contributed by atoms with Crippen molar-refractivity contribution in [2.24, 2.45) is 0 Å². The number of hydrogen-bond acceptors (Lipinski definition) is 5. The minimum absolute atomic E-state index is 0.116. The fourth-order valence-electron chi connectivity index (χ4n) is 3.80. The normalized spacial score (nSPS) is 17.6. The maximum Gasteiger partial charge on any atom is 0.299 e. The Kier molecular flexibility index (Phi) is 6.00. The molecule has 0 saturated carbocycles. The summed E-state index contributed by atoms with van der Waals surface area (Å²) in [4.78, 5) is 25.1. The first-order valence-corrected chi connectivity index (χ1v) is 10.5. The number of nitroso groups, excluding NO2 is 1. The molecule has 31 heavy (non-hydrogen) atoms. The molecule has 0 amide bonds. The monoisotopic (exact) mass is 444 g/mol. The lowest BCUT2D eigenvalue weighted by atomic mass is 9.81. The lowest BCUT2D eigenvalue weighted by Gasteiger charge is -2.40. The molecule has 0 spiro atoms. The molecular weight excluding hydrogens is 418 g/mol. The molecule has 2 aromatic carbocycles. The number of benzene rings is 2. The first-order chi connectivity index (χ1) is 14.4. The first-order valence-electron chi connectivity index (χ1n) is 10.1. The molecule has 1 heterocycles. The van der Waals surface area contributed by atoms with Crippen LogP contribution >= 0.6 is 11.6 Å². The van der Waals surface area contributed by atoms with Crippen LogP contribution in [0.15, 0.2) is 42.2 Å². The molecule has 0 aliphatic carbocycles. The van der Waals surface area contributed by atoms with E-state index in [1.165, 1.54) is 13.1 Å². The Morgan fingerprint density at radius 3 is 2.39 bits per heavy atom. The first kappa shape index (κ1) is 23.0. The molecule has 0 bridgehead atoms. The highest BCUT2D eigenvalue weighted by Crippen LogP contribution is 2.42. The highest BCUT2D eigenvalue weighted by molar-refractivity contribution is 6.30. The zero-order chi connectivity index (χ0) is 23.1. The number of Topliss-reactive ketones (excluding diaryl/α,β-unsaturated/α-hetero) is 1.